The Labute approximate surface area is 124 Å². The van der Waals surface area contributed by atoms with E-state index >= 15 is 0 Å². The standard InChI is InChI=1S/C16H20N4O/c1-3-14(16-17-12-18-20(16)4-2)19-15(21)11-10-13-8-6-5-7-9-13/h5-12,14H,3-4H2,1-2H3,(H,19,21)/b11-10+/t14-/m1/s1. The fraction of sp³-hybridized carbons (Fsp3) is 0.312. The number of amides is 1. The van der Waals surface area contributed by atoms with Gasteiger partial charge in [-0.3, -0.25) is 4.79 Å². The van der Waals surface area contributed by atoms with E-state index < -0.39 is 0 Å². The molecule has 21 heavy (non-hydrogen) atoms. The molecule has 2 aromatic rings. The lowest BCUT2D eigenvalue weighted by molar-refractivity contribution is -0.117. The number of benzene rings is 1. The number of nitrogens with zero attached hydrogens (tertiary/aromatic N) is 3. The monoisotopic (exact) mass is 284 g/mol. The van der Waals surface area contributed by atoms with Crippen molar-refractivity contribution in [2.75, 3.05) is 0 Å². The van der Waals surface area contributed by atoms with Crippen molar-refractivity contribution in [3.05, 3.63) is 54.1 Å². The van der Waals surface area contributed by atoms with Crippen LogP contribution in [0.15, 0.2) is 42.7 Å². The Morgan fingerprint density at radius 2 is 2.10 bits per heavy atom. The number of aromatic nitrogens is 3. The minimum absolute atomic E-state index is 0.125. The van der Waals surface area contributed by atoms with E-state index in [0.717, 1.165) is 24.4 Å². The van der Waals surface area contributed by atoms with Crippen LogP contribution in [0.5, 0.6) is 0 Å². The van der Waals surface area contributed by atoms with Gasteiger partial charge in [0.1, 0.15) is 12.2 Å². The Morgan fingerprint density at radius 1 is 1.33 bits per heavy atom. The summed E-state index contributed by atoms with van der Waals surface area (Å²) in [5.74, 6) is 0.665. The van der Waals surface area contributed by atoms with E-state index in [0.29, 0.717) is 0 Å². The van der Waals surface area contributed by atoms with Gasteiger partial charge < -0.3 is 5.32 Å². The lowest BCUT2D eigenvalue weighted by Gasteiger charge is -2.15. The van der Waals surface area contributed by atoms with Crippen LogP contribution >= 0.6 is 0 Å². The smallest absolute Gasteiger partial charge is 0.244 e. The molecule has 0 unspecified atom stereocenters. The van der Waals surface area contributed by atoms with Crippen LogP contribution in [0.1, 0.15) is 37.7 Å². The number of carbonyl (C=O) groups excluding carboxylic acids is 1. The van der Waals surface area contributed by atoms with Gasteiger partial charge in [-0.25, -0.2) is 9.67 Å². The molecule has 0 aliphatic carbocycles. The summed E-state index contributed by atoms with van der Waals surface area (Å²) in [7, 11) is 0. The molecule has 0 radical (unpaired) electrons. The Morgan fingerprint density at radius 3 is 2.76 bits per heavy atom. The lowest BCUT2D eigenvalue weighted by Crippen LogP contribution is -2.28. The normalized spacial score (nSPS) is 12.5. The first-order valence-electron chi connectivity index (χ1n) is 7.16. The molecule has 1 heterocycles. The first-order valence-corrected chi connectivity index (χ1v) is 7.16. The molecule has 1 aromatic carbocycles. The summed E-state index contributed by atoms with van der Waals surface area (Å²) >= 11 is 0. The maximum Gasteiger partial charge on any atom is 0.244 e. The maximum atomic E-state index is 12.0. The highest BCUT2D eigenvalue weighted by molar-refractivity contribution is 5.91. The highest BCUT2D eigenvalue weighted by Gasteiger charge is 2.16. The van der Waals surface area contributed by atoms with Gasteiger partial charge in [0, 0.05) is 12.6 Å². The zero-order valence-electron chi connectivity index (χ0n) is 12.4. The van der Waals surface area contributed by atoms with Crippen LogP contribution in [-0.4, -0.2) is 20.7 Å². The van der Waals surface area contributed by atoms with Crippen LogP contribution < -0.4 is 5.32 Å². The molecule has 0 aliphatic heterocycles. The fourth-order valence-corrected chi connectivity index (χ4v) is 2.09. The molecule has 0 saturated heterocycles. The van der Waals surface area contributed by atoms with Gasteiger partial charge in [-0.2, -0.15) is 5.10 Å². The molecule has 1 aromatic heterocycles. The van der Waals surface area contributed by atoms with Gasteiger partial charge in [0.2, 0.25) is 5.91 Å². The third-order valence-electron chi connectivity index (χ3n) is 3.21. The van der Waals surface area contributed by atoms with Crippen LogP contribution in [0.25, 0.3) is 6.08 Å². The second-order valence-electron chi connectivity index (χ2n) is 4.65. The number of nitrogens with one attached hydrogen (secondary N) is 1. The number of carbonyl (C=O) groups is 1. The first kappa shape index (κ1) is 15.0. The average molecular weight is 284 g/mol. The van der Waals surface area contributed by atoms with Gasteiger partial charge in [-0.1, -0.05) is 37.3 Å². The summed E-state index contributed by atoms with van der Waals surface area (Å²) in [5, 5.41) is 7.11. The summed E-state index contributed by atoms with van der Waals surface area (Å²) in [6.45, 7) is 4.75. The largest absolute Gasteiger partial charge is 0.343 e. The van der Waals surface area contributed by atoms with Gasteiger partial charge in [0.15, 0.2) is 0 Å². The zero-order chi connectivity index (χ0) is 15.1. The number of aryl methyl sites for hydroxylation is 1. The van der Waals surface area contributed by atoms with Crippen LogP contribution in [0.2, 0.25) is 0 Å². The Bertz CT molecular complexity index is 604. The Kier molecular flexibility index (Phi) is 5.26. The van der Waals surface area contributed by atoms with Crippen molar-refractivity contribution in [3.63, 3.8) is 0 Å². The van der Waals surface area contributed by atoms with Gasteiger partial charge in [0.25, 0.3) is 0 Å². The Hall–Kier alpha value is -2.43. The van der Waals surface area contributed by atoms with E-state index in [1.54, 1.807) is 16.8 Å². The predicted molar refractivity (Wildman–Crippen MR) is 82.3 cm³/mol. The van der Waals surface area contributed by atoms with Crippen molar-refractivity contribution >= 4 is 12.0 Å². The van der Waals surface area contributed by atoms with E-state index in [1.807, 2.05) is 44.2 Å². The maximum absolute atomic E-state index is 12.0. The molecule has 1 atom stereocenters. The van der Waals surface area contributed by atoms with E-state index in [1.165, 1.54) is 6.33 Å². The number of hydrogen-bond donors (Lipinski definition) is 1. The van der Waals surface area contributed by atoms with Crippen LogP contribution in [0.3, 0.4) is 0 Å². The van der Waals surface area contributed by atoms with Crippen molar-refractivity contribution in [1.29, 1.82) is 0 Å². The van der Waals surface area contributed by atoms with Gasteiger partial charge >= 0.3 is 0 Å². The van der Waals surface area contributed by atoms with E-state index in [9.17, 15) is 4.79 Å². The second-order valence-corrected chi connectivity index (χ2v) is 4.65. The number of hydrogen-bond acceptors (Lipinski definition) is 3. The highest BCUT2D eigenvalue weighted by atomic mass is 16.1. The SMILES string of the molecule is CC[C@@H](NC(=O)/C=C/c1ccccc1)c1ncnn1CC. The lowest BCUT2D eigenvalue weighted by atomic mass is 10.2. The molecule has 0 aliphatic rings. The van der Waals surface area contributed by atoms with E-state index in [-0.39, 0.29) is 11.9 Å². The molecular weight excluding hydrogens is 264 g/mol. The number of rotatable bonds is 6. The summed E-state index contributed by atoms with van der Waals surface area (Å²) in [5.41, 5.74) is 0.998. The van der Waals surface area contributed by atoms with Crippen LogP contribution in [0, 0.1) is 0 Å². The van der Waals surface area contributed by atoms with Crippen LogP contribution in [-0.2, 0) is 11.3 Å². The van der Waals surface area contributed by atoms with Crippen LogP contribution in [0.4, 0.5) is 0 Å². The van der Waals surface area contributed by atoms with Crippen molar-refractivity contribution < 1.29 is 4.79 Å². The van der Waals surface area contributed by atoms with Crippen molar-refractivity contribution in [3.8, 4) is 0 Å². The summed E-state index contributed by atoms with van der Waals surface area (Å²) < 4.78 is 1.80. The van der Waals surface area contributed by atoms with Crippen molar-refractivity contribution in [2.24, 2.45) is 0 Å². The molecule has 1 N–H and O–H groups in total. The molecule has 2 rings (SSSR count). The molecule has 5 nitrogen and oxygen atoms in total. The van der Waals surface area contributed by atoms with E-state index in [4.69, 9.17) is 0 Å². The van der Waals surface area contributed by atoms with Gasteiger partial charge in [0.05, 0.1) is 6.04 Å². The molecule has 110 valence electrons. The molecule has 0 fully saturated rings. The van der Waals surface area contributed by atoms with Gasteiger partial charge in [-0.15, -0.1) is 0 Å². The molecular formula is C16H20N4O. The summed E-state index contributed by atoms with van der Waals surface area (Å²) in [6, 6.07) is 9.61. The van der Waals surface area contributed by atoms with Crippen molar-refractivity contribution in [2.45, 2.75) is 32.9 Å². The van der Waals surface area contributed by atoms with E-state index in [2.05, 4.69) is 15.4 Å². The third kappa shape index (κ3) is 4.02. The highest BCUT2D eigenvalue weighted by Crippen LogP contribution is 2.13. The predicted octanol–water partition coefficient (Wildman–Crippen LogP) is 2.58. The molecule has 0 spiro atoms. The fourth-order valence-electron chi connectivity index (χ4n) is 2.09. The second kappa shape index (κ2) is 7.38. The molecule has 0 bridgehead atoms. The minimum Gasteiger partial charge on any atom is -0.343 e. The summed E-state index contributed by atoms with van der Waals surface area (Å²) in [4.78, 5) is 16.3. The Balaban J connectivity index is 2.02. The minimum atomic E-state index is -0.128. The molecule has 5 heteroatoms. The first-order chi connectivity index (χ1) is 10.2. The zero-order valence-corrected chi connectivity index (χ0v) is 12.4. The molecule has 0 saturated carbocycles. The topological polar surface area (TPSA) is 59.8 Å². The molecule has 1 amide bonds. The van der Waals surface area contributed by atoms with Gasteiger partial charge in [-0.05, 0) is 25.0 Å². The van der Waals surface area contributed by atoms with Crippen molar-refractivity contribution in [1.82, 2.24) is 20.1 Å². The average Bonchev–Trinajstić information content (AvgIpc) is 3.00. The summed E-state index contributed by atoms with van der Waals surface area (Å²) in [6.07, 6.45) is 5.63. The third-order valence-corrected chi connectivity index (χ3v) is 3.21. The quantitative estimate of drug-likeness (QED) is 0.829.